The van der Waals surface area contributed by atoms with Gasteiger partial charge in [-0.05, 0) is 53.6 Å². The highest BCUT2D eigenvalue weighted by atomic mass is 16.1. The molecule has 4 aromatic rings. The van der Waals surface area contributed by atoms with Gasteiger partial charge in [0, 0.05) is 37.2 Å². The van der Waals surface area contributed by atoms with E-state index in [2.05, 4.69) is 40.8 Å². The van der Waals surface area contributed by atoms with Crippen molar-refractivity contribution < 1.29 is 4.79 Å². The Kier molecular flexibility index (Phi) is 5.05. The van der Waals surface area contributed by atoms with Crippen molar-refractivity contribution in [3.8, 4) is 11.5 Å². The molecule has 156 valence electrons. The van der Waals surface area contributed by atoms with Gasteiger partial charge in [0.2, 0.25) is 5.91 Å². The number of nitrogens with one attached hydrogen (secondary N) is 1. The topological polar surface area (TPSA) is 120 Å². The van der Waals surface area contributed by atoms with E-state index in [1.807, 2.05) is 42.6 Å². The largest absolute Gasteiger partial charge is 0.356 e. The van der Waals surface area contributed by atoms with E-state index in [9.17, 15) is 4.79 Å². The third kappa shape index (κ3) is 4.10. The first-order valence-electron chi connectivity index (χ1n) is 9.97. The Hall–Kier alpha value is -4.15. The molecular formula is C20H20N10O. The lowest BCUT2D eigenvalue weighted by Gasteiger charge is -2.32. The Bertz CT molecular complexity index is 1140. The minimum atomic E-state index is -0.129. The summed E-state index contributed by atoms with van der Waals surface area (Å²) in [5.41, 5.74) is 1.56. The lowest BCUT2D eigenvalue weighted by molar-refractivity contribution is -0.120. The molecule has 11 heteroatoms. The Morgan fingerprint density at radius 2 is 1.97 bits per heavy atom. The number of rotatable bonds is 5. The van der Waals surface area contributed by atoms with Gasteiger partial charge in [0.15, 0.2) is 5.82 Å². The summed E-state index contributed by atoms with van der Waals surface area (Å²) >= 11 is 0. The van der Waals surface area contributed by atoms with Crippen molar-refractivity contribution in [2.45, 2.75) is 12.8 Å². The average molecular weight is 416 g/mol. The highest BCUT2D eigenvalue weighted by molar-refractivity contribution is 5.93. The molecule has 3 aromatic heterocycles. The first kappa shape index (κ1) is 18.9. The summed E-state index contributed by atoms with van der Waals surface area (Å²) in [4.78, 5) is 23.7. The van der Waals surface area contributed by atoms with E-state index < -0.39 is 0 Å². The average Bonchev–Trinajstić information content (AvgIpc) is 3.54. The summed E-state index contributed by atoms with van der Waals surface area (Å²) in [5.74, 6) is 1.37. The van der Waals surface area contributed by atoms with Gasteiger partial charge in [0.1, 0.15) is 18.5 Å². The van der Waals surface area contributed by atoms with Crippen molar-refractivity contribution in [2.75, 3.05) is 23.3 Å². The molecule has 11 nitrogen and oxygen atoms in total. The standard InChI is InChI=1S/C20H20N10O/c31-20(25-16-4-6-17(7-5-16)30-14-23-26-27-30)15-3-1-9-28(12-15)18-11-19(22-13-21-18)29-10-2-8-24-29/h2,4-8,10-11,13-15H,1,3,9,12H2,(H,25,31). The molecule has 0 spiro atoms. The fourth-order valence-electron chi connectivity index (χ4n) is 3.66. The highest BCUT2D eigenvalue weighted by Crippen LogP contribution is 2.24. The van der Waals surface area contributed by atoms with Crippen LogP contribution in [-0.4, -0.2) is 59.0 Å². The predicted molar refractivity (Wildman–Crippen MR) is 112 cm³/mol. The molecular weight excluding hydrogens is 396 g/mol. The van der Waals surface area contributed by atoms with Gasteiger partial charge >= 0.3 is 0 Å². The van der Waals surface area contributed by atoms with Gasteiger partial charge in [0.25, 0.3) is 0 Å². The molecule has 1 atom stereocenters. The van der Waals surface area contributed by atoms with Crippen molar-refractivity contribution in [2.24, 2.45) is 5.92 Å². The summed E-state index contributed by atoms with van der Waals surface area (Å²) in [6, 6.07) is 11.1. The van der Waals surface area contributed by atoms with Crippen LogP contribution >= 0.6 is 0 Å². The summed E-state index contributed by atoms with van der Waals surface area (Å²) in [7, 11) is 0. The molecule has 1 aromatic carbocycles. The number of piperidine rings is 1. The molecule has 0 aliphatic carbocycles. The second-order valence-electron chi connectivity index (χ2n) is 7.26. The van der Waals surface area contributed by atoms with Crippen LogP contribution in [0.3, 0.4) is 0 Å². The van der Waals surface area contributed by atoms with Crippen molar-refractivity contribution in [1.82, 2.24) is 40.0 Å². The zero-order valence-electron chi connectivity index (χ0n) is 16.6. The number of tetrazole rings is 1. The minimum absolute atomic E-state index is 0.00114. The maximum atomic E-state index is 12.9. The molecule has 1 N–H and O–H groups in total. The van der Waals surface area contributed by atoms with Crippen LogP contribution in [-0.2, 0) is 4.79 Å². The number of amides is 1. The van der Waals surface area contributed by atoms with Gasteiger partial charge in [0.05, 0.1) is 11.6 Å². The smallest absolute Gasteiger partial charge is 0.229 e. The quantitative estimate of drug-likeness (QED) is 0.520. The van der Waals surface area contributed by atoms with Gasteiger partial charge in [-0.25, -0.2) is 19.3 Å². The zero-order valence-corrected chi connectivity index (χ0v) is 16.6. The van der Waals surface area contributed by atoms with Crippen LogP contribution in [0.5, 0.6) is 0 Å². The molecule has 1 fully saturated rings. The third-order valence-electron chi connectivity index (χ3n) is 5.24. The molecule has 1 aliphatic rings. The maximum absolute atomic E-state index is 12.9. The lowest BCUT2D eigenvalue weighted by Crippen LogP contribution is -2.41. The van der Waals surface area contributed by atoms with E-state index in [0.29, 0.717) is 12.4 Å². The summed E-state index contributed by atoms with van der Waals surface area (Å²) in [5, 5.41) is 18.3. The van der Waals surface area contributed by atoms with E-state index in [-0.39, 0.29) is 11.8 Å². The molecule has 1 unspecified atom stereocenters. The van der Waals surface area contributed by atoms with Crippen molar-refractivity contribution in [1.29, 1.82) is 0 Å². The number of anilines is 2. The number of hydrogen-bond acceptors (Lipinski definition) is 8. The second kappa shape index (κ2) is 8.30. The first-order chi connectivity index (χ1) is 15.3. The van der Waals surface area contributed by atoms with Crippen LogP contribution in [0, 0.1) is 5.92 Å². The third-order valence-corrected chi connectivity index (χ3v) is 5.24. The van der Waals surface area contributed by atoms with E-state index in [0.717, 1.165) is 36.6 Å². The molecule has 1 aliphatic heterocycles. The fraction of sp³-hybridized carbons (Fsp3) is 0.250. The van der Waals surface area contributed by atoms with Crippen LogP contribution in [0.25, 0.3) is 11.5 Å². The number of benzene rings is 1. The van der Waals surface area contributed by atoms with E-state index in [4.69, 9.17) is 0 Å². The van der Waals surface area contributed by atoms with Gasteiger partial charge in [-0.2, -0.15) is 5.10 Å². The Balaban J connectivity index is 1.25. The number of aromatic nitrogens is 8. The Morgan fingerprint density at radius 1 is 1.10 bits per heavy atom. The van der Waals surface area contributed by atoms with Crippen molar-refractivity contribution in [3.63, 3.8) is 0 Å². The van der Waals surface area contributed by atoms with E-state index >= 15 is 0 Å². The molecule has 0 saturated carbocycles. The number of carbonyl (C=O) groups is 1. The lowest BCUT2D eigenvalue weighted by atomic mass is 9.97. The summed E-state index contributed by atoms with van der Waals surface area (Å²) in [6.45, 7) is 1.45. The number of carbonyl (C=O) groups excluding carboxylic acids is 1. The molecule has 0 bridgehead atoms. The maximum Gasteiger partial charge on any atom is 0.229 e. The molecule has 4 heterocycles. The normalized spacial score (nSPS) is 16.3. The molecule has 5 rings (SSSR count). The van der Waals surface area contributed by atoms with Crippen LogP contribution in [0.2, 0.25) is 0 Å². The summed E-state index contributed by atoms with van der Waals surface area (Å²) in [6.07, 6.45) is 8.35. The minimum Gasteiger partial charge on any atom is -0.356 e. The predicted octanol–water partition coefficient (Wildman–Crippen LogP) is 1.49. The van der Waals surface area contributed by atoms with Crippen molar-refractivity contribution >= 4 is 17.4 Å². The number of hydrogen-bond donors (Lipinski definition) is 1. The van der Waals surface area contributed by atoms with Crippen molar-refractivity contribution in [3.05, 3.63) is 61.4 Å². The molecule has 0 radical (unpaired) electrons. The van der Waals surface area contributed by atoms with Gasteiger partial charge in [-0.15, -0.1) is 5.10 Å². The van der Waals surface area contributed by atoms with Crippen LogP contribution in [0.4, 0.5) is 11.5 Å². The zero-order chi connectivity index (χ0) is 21.0. The second-order valence-corrected chi connectivity index (χ2v) is 7.26. The van der Waals surface area contributed by atoms with E-state index in [1.165, 1.54) is 12.7 Å². The Morgan fingerprint density at radius 3 is 2.74 bits per heavy atom. The van der Waals surface area contributed by atoms with Crippen LogP contribution in [0.1, 0.15) is 12.8 Å². The van der Waals surface area contributed by atoms with Crippen LogP contribution < -0.4 is 10.2 Å². The number of nitrogens with zero attached hydrogens (tertiary/aromatic N) is 9. The highest BCUT2D eigenvalue weighted by Gasteiger charge is 2.27. The molecule has 31 heavy (non-hydrogen) atoms. The van der Waals surface area contributed by atoms with Gasteiger partial charge in [-0.1, -0.05) is 0 Å². The van der Waals surface area contributed by atoms with Gasteiger partial charge in [-0.3, -0.25) is 4.79 Å². The summed E-state index contributed by atoms with van der Waals surface area (Å²) < 4.78 is 3.25. The first-order valence-corrected chi connectivity index (χ1v) is 9.97. The molecule has 1 saturated heterocycles. The van der Waals surface area contributed by atoms with Crippen LogP contribution in [0.15, 0.2) is 61.4 Å². The monoisotopic (exact) mass is 416 g/mol. The SMILES string of the molecule is O=C(Nc1ccc(-n2cnnn2)cc1)C1CCCN(c2cc(-n3cccn3)ncn2)C1. The van der Waals surface area contributed by atoms with Gasteiger partial charge < -0.3 is 10.2 Å². The fourth-order valence-corrected chi connectivity index (χ4v) is 3.66. The Labute approximate surface area is 177 Å². The molecule has 1 amide bonds. The van der Waals surface area contributed by atoms with E-state index in [1.54, 1.807) is 15.6 Å².